The molecule has 1 heterocycles. The number of hydrogen-bond donors (Lipinski definition) is 1. The van der Waals surface area contributed by atoms with Gasteiger partial charge in [0.15, 0.2) is 6.61 Å². The van der Waals surface area contributed by atoms with Crippen LogP contribution in [-0.4, -0.2) is 49.2 Å². The molecule has 0 aliphatic rings. The molecule has 0 aliphatic heterocycles. The van der Waals surface area contributed by atoms with Gasteiger partial charge in [0.1, 0.15) is 11.3 Å². The number of halogens is 3. The number of rotatable bonds is 8. The molecule has 0 radical (unpaired) electrons. The maximum Gasteiger partial charge on any atom is 0.422 e. The summed E-state index contributed by atoms with van der Waals surface area (Å²) in [6.07, 6.45) is -4.57. The normalized spacial score (nSPS) is 12.6. The number of thiophene rings is 1. The van der Waals surface area contributed by atoms with Gasteiger partial charge in [0.05, 0.1) is 11.0 Å². The fourth-order valence-electron chi connectivity index (χ4n) is 2.46. The number of hydrogen-bond acceptors (Lipinski definition) is 6. The van der Waals surface area contributed by atoms with Crippen LogP contribution in [0.4, 0.5) is 18.9 Å². The van der Waals surface area contributed by atoms with Crippen LogP contribution in [0.5, 0.6) is 5.75 Å². The summed E-state index contributed by atoms with van der Waals surface area (Å²) in [5.74, 6) is -1.05. The quantitative estimate of drug-likeness (QED) is 0.524. The lowest BCUT2D eigenvalue weighted by Crippen LogP contribution is -2.34. The number of nitrogens with zero attached hydrogens (tertiary/aromatic N) is 2. The Hall–Kier alpha value is -2.66. The molecule has 0 aliphatic carbocycles. The molecule has 2 rings (SSSR count). The van der Waals surface area contributed by atoms with Crippen molar-refractivity contribution in [3.05, 3.63) is 56.3 Å². The van der Waals surface area contributed by atoms with Gasteiger partial charge in [-0.05, 0) is 48.6 Å². The first kappa shape index (κ1) is 21.6. The molecule has 7 nitrogen and oxygen atoms in total. The molecule has 1 aromatic carbocycles. The lowest BCUT2D eigenvalue weighted by Gasteiger charge is -2.24. The summed E-state index contributed by atoms with van der Waals surface area (Å²) in [7, 11) is 3.64. The second-order valence-corrected chi connectivity index (χ2v) is 6.87. The fourth-order valence-corrected chi connectivity index (χ4v) is 3.17. The van der Waals surface area contributed by atoms with Crippen LogP contribution >= 0.6 is 11.3 Å². The van der Waals surface area contributed by atoms with E-state index in [1.54, 1.807) is 0 Å². The highest BCUT2D eigenvalue weighted by Crippen LogP contribution is 2.26. The van der Waals surface area contributed by atoms with Gasteiger partial charge in [-0.15, -0.1) is 0 Å². The van der Waals surface area contributed by atoms with E-state index in [-0.39, 0.29) is 23.9 Å². The highest BCUT2D eigenvalue weighted by atomic mass is 32.1. The highest BCUT2D eigenvalue weighted by Gasteiger charge is 2.29. The van der Waals surface area contributed by atoms with E-state index >= 15 is 0 Å². The summed E-state index contributed by atoms with van der Waals surface area (Å²) in [6.45, 7) is -1.40. The molecular weight excluding hydrogens is 399 g/mol. The summed E-state index contributed by atoms with van der Waals surface area (Å²) in [5.41, 5.74) is 0.0772. The van der Waals surface area contributed by atoms with Crippen LogP contribution in [-0.2, 0) is 0 Å². The van der Waals surface area contributed by atoms with E-state index in [0.717, 1.165) is 23.8 Å². The Morgan fingerprint density at radius 1 is 1.36 bits per heavy atom. The zero-order chi connectivity index (χ0) is 20.9. The lowest BCUT2D eigenvalue weighted by atomic mass is 10.1. The van der Waals surface area contributed by atoms with Crippen molar-refractivity contribution in [2.45, 2.75) is 12.2 Å². The molecule has 1 N–H and O–H groups in total. The Bertz CT molecular complexity index is 826. The fraction of sp³-hybridized carbons (Fsp3) is 0.353. The van der Waals surface area contributed by atoms with Gasteiger partial charge in [-0.25, -0.2) is 0 Å². The first-order valence-electron chi connectivity index (χ1n) is 8.03. The molecule has 28 heavy (non-hydrogen) atoms. The number of likely N-dealkylation sites (N-methyl/N-ethyl adjacent to an activating group) is 1. The predicted octanol–water partition coefficient (Wildman–Crippen LogP) is 3.63. The molecule has 0 fully saturated rings. The minimum atomic E-state index is -4.57. The van der Waals surface area contributed by atoms with E-state index in [4.69, 9.17) is 0 Å². The minimum absolute atomic E-state index is 0.160. The Labute approximate surface area is 162 Å². The van der Waals surface area contributed by atoms with Crippen molar-refractivity contribution in [2.75, 3.05) is 27.2 Å². The van der Waals surface area contributed by atoms with E-state index in [1.807, 2.05) is 35.8 Å². The van der Waals surface area contributed by atoms with Gasteiger partial charge in [0.25, 0.3) is 11.6 Å². The van der Waals surface area contributed by atoms with E-state index in [0.29, 0.717) is 0 Å². The average Bonchev–Trinajstić information content (AvgIpc) is 3.13. The monoisotopic (exact) mass is 417 g/mol. The summed E-state index contributed by atoms with van der Waals surface area (Å²) in [6, 6.07) is 4.64. The Morgan fingerprint density at radius 2 is 2.07 bits per heavy atom. The second-order valence-electron chi connectivity index (χ2n) is 6.09. The van der Waals surface area contributed by atoms with Crippen LogP contribution in [0.15, 0.2) is 35.0 Å². The molecule has 0 saturated carbocycles. The summed E-state index contributed by atoms with van der Waals surface area (Å²) >= 11 is 1.49. The largest absolute Gasteiger partial charge is 0.484 e. The summed E-state index contributed by atoms with van der Waals surface area (Å²) < 4.78 is 41.5. The lowest BCUT2D eigenvalue weighted by molar-refractivity contribution is -0.385. The van der Waals surface area contributed by atoms with Crippen LogP contribution < -0.4 is 10.1 Å². The Kier molecular flexibility index (Phi) is 6.97. The standard InChI is InChI=1S/C17H18F3N3O4S/c1-22(2)15(11-5-6-28-9-11)8-21-16(24)13-7-12(27-10-17(18,19)20)3-4-14(13)23(25)26/h3-7,9,15H,8,10H2,1-2H3,(H,21,24). The highest BCUT2D eigenvalue weighted by molar-refractivity contribution is 7.07. The summed E-state index contributed by atoms with van der Waals surface area (Å²) in [5, 5.41) is 17.6. The number of benzene rings is 1. The van der Waals surface area contributed by atoms with E-state index in [1.165, 1.54) is 11.3 Å². The number of amides is 1. The zero-order valence-corrected chi connectivity index (χ0v) is 15.8. The van der Waals surface area contributed by atoms with Gasteiger partial charge in [0, 0.05) is 12.6 Å². The molecule has 0 spiro atoms. The van der Waals surface area contributed by atoms with Crippen molar-refractivity contribution in [1.29, 1.82) is 0 Å². The van der Waals surface area contributed by atoms with Gasteiger partial charge in [-0.2, -0.15) is 24.5 Å². The molecule has 2 aromatic rings. The smallest absolute Gasteiger partial charge is 0.422 e. The molecule has 11 heteroatoms. The van der Waals surface area contributed by atoms with Gasteiger partial charge in [0.2, 0.25) is 0 Å². The number of alkyl halides is 3. The van der Waals surface area contributed by atoms with Gasteiger partial charge in [-0.3, -0.25) is 14.9 Å². The van der Waals surface area contributed by atoms with E-state index < -0.39 is 29.3 Å². The minimum Gasteiger partial charge on any atom is -0.484 e. The van der Waals surface area contributed by atoms with Crippen LogP contribution in [0, 0.1) is 10.1 Å². The molecule has 1 atom stereocenters. The first-order chi connectivity index (χ1) is 13.1. The third-order valence-corrected chi connectivity index (χ3v) is 4.52. The first-order valence-corrected chi connectivity index (χ1v) is 8.97. The Balaban J connectivity index is 2.18. The van der Waals surface area contributed by atoms with Gasteiger partial charge >= 0.3 is 6.18 Å². The van der Waals surface area contributed by atoms with Crippen LogP contribution in [0.25, 0.3) is 0 Å². The van der Waals surface area contributed by atoms with E-state index in [2.05, 4.69) is 10.1 Å². The van der Waals surface area contributed by atoms with Crippen molar-refractivity contribution in [2.24, 2.45) is 0 Å². The second kappa shape index (κ2) is 9.02. The average molecular weight is 417 g/mol. The SMILES string of the molecule is CN(C)C(CNC(=O)c1cc(OCC(F)(F)F)ccc1[N+](=O)[O-])c1ccsc1. The number of carbonyl (C=O) groups is 1. The third-order valence-electron chi connectivity index (χ3n) is 3.82. The number of nitro benzene ring substituents is 1. The molecule has 1 aromatic heterocycles. The van der Waals surface area contributed by atoms with Gasteiger partial charge < -0.3 is 15.0 Å². The van der Waals surface area contributed by atoms with Crippen molar-refractivity contribution in [1.82, 2.24) is 10.2 Å². The number of nitro groups is 1. The molecule has 0 saturated heterocycles. The third kappa shape index (κ3) is 5.92. The molecule has 1 unspecified atom stereocenters. The van der Waals surface area contributed by atoms with Crippen molar-refractivity contribution in [3.8, 4) is 5.75 Å². The maximum absolute atomic E-state index is 12.5. The molecular formula is C17H18F3N3O4S. The molecule has 1 amide bonds. The number of ether oxygens (including phenoxy) is 1. The van der Waals surface area contributed by atoms with Crippen LogP contribution in [0.1, 0.15) is 22.0 Å². The van der Waals surface area contributed by atoms with E-state index in [9.17, 15) is 28.1 Å². The zero-order valence-electron chi connectivity index (χ0n) is 15.0. The van der Waals surface area contributed by atoms with Crippen LogP contribution in [0.3, 0.4) is 0 Å². The van der Waals surface area contributed by atoms with Crippen molar-refractivity contribution in [3.63, 3.8) is 0 Å². The van der Waals surface area contributed by atoms with Crippen LogP contribution in [0.2, 0.25) is 0 Å². The molecule has 0 bridgehead atoms. The topological polar surface area (TPSA) is 84.7 Å². The Morgan fingerprint density at radius 3 is 2.61 bits per heavy atom. The van der Waals surface area contributed by atoms with Crippen molar-refractivity contribution >= 4 is 22.9 Å². The van der Waals surface area contributed by atoms with Gasteiger partial charge in [-0.1, -0.05) is 0 Å². The number of nitrogens with one attached hydrogen (secondary N) is 1. The molecule has 152 valence electrons. The maximum atomic E-state index is 12.5. The predicted molar refractivity (Wildman–Crippen MR) is 97.7 cm³/mol. The number of carbonyl (C=O) groups excluding carboxylic acids is 1. The summed E-state index contributed by atoms with van der Waals surface area (Å²) in [4.78, 5) is 24.8. The van der Waals surface area contributed by atoms with Crippen molar-refractivity contribution < 1.29 is 27.6 Å².